The van der Waals surface area contributed by atoms with Crippen LogP contribution in [0.5, 0.6) is 11.5 Å². The molecule has 0 amide bonds. The van der Waals surface area contributed by atoms with Gasteiger partial charge in [0.2, 0.25) is 0 Å². The highest BCUT2D eigenvalue weighted by molar-refractivity contribution is 5.98. The van der Waals surface area contributed by atoms with Crippen molar-refractivity contribution in [3.05, 3.63) is 84.4 Å². The molecule has 0 heterocycles. The second-order valence-corrected chi connectivity index (χ2v) is 6.20. The van der Waals surface area contributed by atoms with Crippen LogP contribution in [0.4, 0.5) is 0 Å². The molecular weight excluding hydrogens is 368 g/mol. The zero-order valence-corrected chi connectivity index (χ0v) is 16.2. The lowest BCUT2D eigenvalue weighted by atomic mass is 10.0. The van der Waals surface area contributed by atoms with Crippen LogP contribution in [-0.4, -0.2) is 31.6 Å². The molecule has 0 fully saturated rings. The Kier molecular flexibility index (Phi) is 7.00. The van der Waals surface area contributed by atoms with Gasteiger partial charge in [0.1, 0.15) is 0 Å². The van der Waals surface area contributed by atoms with Crippen molar-refractivity contribution in [3.8, 4) is 22.6 Å². The van der Waals surface area contributed by atoms with Crippen molar-refractivity contribution in [2.24, 2.45) is 0 Å². The molecule has 3 rings (SSSR count). The largest absolute Gasteiger partial charge is 0.490 e. The number of ether oxygens (including phenoxy) is 3. The van der Waals surface area contributed by atoms with Crippen LogP contribution in [0.2, 0.25) is 0 Å². The number of carbonyl (C=O) groups is 2. The predicted molar refractivity (Wildman–Crippen MR) is 110 cm³/mol. The van der Waals surface area contributed by atoms with Crippen molar-refractivity contribution in [2.45, 2.75) is 6.92 Å². The lowest BCUT2D eigenvalue weighted by Gasteiger charge is -2.11. The highest BCUT2D eigenvalue weighted by Crippen LogP contribution is 2.26. The Labute approximate surface area is 169 Å². The number of rotatable bonds is 9. The number of hydrogen-bond donors (Lipinski definition) is 0. The maximum Gasteiger partial charge on any atom is 0.344 e. The zero-order chi connectivity index (χ0) is 20.5. The lowest BCUT2D eigenvalue weighted by Crippen LogP contribution is -2.19. The van der Waals surface area contributed by atoms with Gasteiger partial charge in [0.05, 0.1) is 6.61 Å². The summed E-state index contributed by atoms with van der Waals surface area (Å²) < 4.78 is 15.9. The van der Waals surface area contributed by atoms with Crippen LogP contribution in [-0.2, 0) is 9.53 Å². The molecule has 0 radical (unpaired) electrons. The third-order valence-corrected chi connectivity index (χ3v) is 4.17. The van der Waals surface area contributed by atoms with E-state index in [2.05, 4.69) is 0 Å². The minimum absolute atomic E-state index is 0.271. The molecule has 29 heavy (non-hydrogen) atoms. The molecule has 0 saturated carbocycles. The van der Waals surface area contributed by atoms with E-state index >= 15 is 0 Å². The molecule has 148 valence electrons. The molecule has 3 aromatic carbocycles. The topological polar surface area (TPSA) is 61.8 Å². The van der Waals surface area contributed by atoms with Crippen LogP contribution in [0.3, 0.4) is 0 Å². The monoisotopic (exact) mass is 390 g/mol. The molecule has 3 aromatic rings. The Morgan fingerprint density at radius 3 is 1.93 bits per heavy atom. The quantitative estimate of drug-likeness (QED) is 0.396. The Morgan fingerprint density at radius 1 is 0.690 bits per heavy atom. The van der Waals surface area contributed by atoms with E-state index in [1.54, 1.807) is 30.3 Å². The van der Waals surface area contributed by atoms with Gasteiger partial charge in [-0.3, -0.25) is 4.79 Å². The zero-order valence-electron chi connectivity index (χ0n) is 16.2. The molecule has 5 nitrogen and oxygen atoms in total. The summed E-state index contributed by atoms with van der Waals surface area (Å²) in [7, 11) is 0. The molecule has 0 aliphatic rings. The van der Waals surface area contributed by atoms with Crippen LogP contribution in [0.15, 0.2) is 78.9 Å². The number of carbonyl (C=O) groups excluding carboxylic acids is 2. The Bertz CT molecular complexity index is 949. The first-order chi connectivity index (χ1) is 14.2. The third-order valence-electron chi connectivity index (χ3n) is 4.17. The summed E-state index contributed by atoms with van der Waals surface area (Å²) in [6.07, 6.45) is 0. The van der Waals surface area contributed by atoms with E-state index < -0.39 is 5.97 Å². The Hall–Kier alpha value is -3.60. The molecule has 0 aliphatic heterocycles. The van der Waals surface area contributed by atoms with Gasteiger partial charge in [0, 0.05) is 5.56 Å². The van der Waals surface area contributed by atoms with Gasteiger partial charge >= 0.3 is 5.97 Å². The van der Waals surface area contributed by atoms with Crippen LogP contribution in [0.25, 0.3) is 11.1 Å². The van der Waals surface area contributed by atoms with Gasteiger partial charge in [-0.2, -0.15) is 0 Å². The van der Waals surface area contributed by atoms with E-state index in [4.69, 9.17) is 14.2 Å². The average Bonchev–Trinajstić information content (AvgIpc) is 2.78. The molecule has 0 aliphatic carbocycles. The summed E-state index contributed by atoms with van der Waals surface area (Å²) in [5.41, 5.74) is 2.57. The molecule has 5 heteroatoms. The summed E-state index contributed by atoms with van der Waals surface area (Å²) >= 11 is 0. The molecule has 0 atom stereocenters. The van der Waals surface area contributed by atoms with Crippen molar-refractivity contribution in [1.82, 2.24) is 0 Å². The summed E-state index contributed by atoms with van der Waals surface area (Å²) in [5.74, 6) is 0.116. The first-order valence-corrected chi connectivity index (χ1v) is 9.36. The molecule has 0 spiro atoms. The van der Waals surface area contributed by atoms with E-state index in [0.717, 1.165) is 11.1 Å². The van der Waals surface area contributed by atoms with Crippen LogP contribution in [0.1, 0.15) is 17.3 Å². The lowest BCUT2D eigenvalue weighted by molar-refractivity contribution is -0.144. The summed E-state index contributed by atoms with van der Waals surface area (Å²) in [6, 6.07) is 24.1. The molecule has 0 bridgehead atoms. The fourth-order valence-corrected chi connectivity index (χ4v) is 2.73. The van der Waals surface area contributed by atoms with Gasteiger partial charge in [0.25, 0.3) is 0 Å². The third kappa shape index (κ3) is 5.69. The molecule has 0 N–H and O–H groups in total. The highest BCUT2D eigenvalue weighted by Gasteiger charge is 2.12. The van der Waals surface area contributed by atoms with Crippen LogP contribution >= 0.6 is 0 Å². The molecule has 0 aromatic heterocycles. The van der Waals surface area contributed by atoms with Crippen LogP contribution < -0.4 is 9.47 Å². The normalized spacial score (nSPS) is 10.2. The van der Waals surface area contributed by atoms with E-state index in [9.17, 15) is 9.59 Å². The van der Waals surface area contributed by atoms with Gasteiger partial charge in [-0.25, -0.2) is 4.79 Å². The number of Topliss-reactive ketones (excluding diaryl/α,β-unsaturated/α-hetero) is 1. The fourth-order valence-electron chi connectivity index (χ4n) is 2.73. The average molecular weight is 390 g/mol. The maximum atomic E-state index is 12.3. The Morgan fingerprint density at radius 2 is 1.28 bits per heavy atom. The molecule has 0 saturated heterocycles. The van der Waals surface area contributed by atoms with Crippen molar-refractivity contribution in [1.29, 1.82) is 0 Å². The van der Waals surface area contributed by atoms with Crippen molar-refractivity contribution < 1.29 is 23.8 Å². The fraction of sp³-hybridized carbons (Fsp3) is 0.167. The second-order valence-electron chi connectivity index (χ2n) is 6.20. The van der Waals surface area contributed by atoms with Crippen molar-refractivity contribution >= 4 is 11.8 Å². The minimum atomic E-state index is -0.620. The van der Waals surface area contributed by atoms with Gasteiger partial charge in [-0.05, 0) is 30.2 Å². The van der Waals surface area contributed by atoms with E-state index in [1.807, 2.05) is 55.5 Å². The first-order valence-electron chi connectivity index (χ1n) is 9.36. The number of esters is 1. The smallest absolute Gasteiger partial charge is 0.344 e. The maximum absolute atomic E-state index is 12.3. The summed E-state index contributed by atoms with van der Waals surface area (Å²) in [6.45, 7) is 1.72. The molecular formula is C24H22O5. The molecule has 0 unspecified atom stereocenters. The minimum Gasteiger partial charge on any atom is -0.490 e. The summed E-state index contributed by atoms with van der Waals surface area (Å²) in [5, 5.41) is 0. The second kappa shape index (κ2) is 10.1. The highest BCUT2D eigenvalue weighted by atomic mass is 16.6. The first kappa shape index (κ1) is 20.1. The van der Waals surface area contributed by atoms with E-state index in [0.29, 0.717) is 23.7 Å². The van der Waals surface area contributed by atoms with Crippen molar-refractivity contribution in [3.63, 3.8) is 0 Å². The van der Waals surface area contributed by atoms with E-state index in [-0.39, 0.29) is 19.0 Å². The van der Waals surface area contributed by atoms with Crippen molar-refractivity contribution in [2.75, 3.05) is 19.8 Å². The number of benzene rings is 3. The van der Waals surface area contributed by atoms with Gasteiger partial charge < -0.3 is 14.2 Å². The van der Waals surface area contributed by atoms with Gasteiger partial charge in [0.15, 0.2) is 30.5 Å². The van der Waals surface area contributed by atoms with Gasteiger partial charge in [-0.15, -0.1) is 0 Å². The number of para-hydroxylation sites is 2. The standard InChI is InChI=1S/C24H22O5/c1-2-27-22-10-6-7-11-23(22)28-17-24(26)29-16-21(25)20-14-12-19(13-15-20)18-8-4-3-5-9-18/h3-15H,2,16-17H2,1H3. The summed E-state index contributed by atoms with van der Waals surface area (Å²) in [4.78, 5) is 24.2. The van der Waals surface area contributed by atoms with E-state index in [1.165, 1.54) is 0 Å². The predicted octanol–water partition coefficient (Wildman–Crippen LogP) is 4.56. The number of ketones is 1. The van der Waals surface area contributed by atoms with Crippen LogP contribution in [0, 0.1) is 0 Å². The SMILES string of the molecule is CCOc1ccccc1OCC(=O)OCC(=O)c1ccc(-c2ccccc2)cc1. The Balaban J connectivity index is 1.49. The van der Waals surface area contributed by atoms with Gasteiger partial charge in [-0.1, -0.05) is 66.7 Å². The number of hydrogen-bond acceptors (Lipinski definition) is 5.